The Morgan fingerprint density at radius 1 is 1.13 bits per heavy atom. The van der Waals surface area contributed by atoms with Crippen molar-refractivity contribution in [2.75, 3.05) is 4.90 Å². The van der Waals surface area contributed by atoms with Crippen LogP contribution < -0.4 is 10.6 Å². The molecular formula is C21H15N5O3S. The summed E-state index contributed by atoms with van der Waals surface area (Å²) >= 11 is 0.948. The van der Waals surface area contributed by atoms with Gasteiger partial charge >= 0.3 is 5.00 Å². The van der Waals surface area contributed by atoms with E-state index in [9.17, 15) is 20.2 Å². The number of carbonyl (C=O) groups excluding carboxylic acids is 1. The van der Waals surface area contributed by atoms with Crippen LogP contribution in [0, 0.1) is 32.8 Å². The van der Waals surface area contributed by atoms with Crippen molar-refractivity contribution < 1.29 is 9.72 Å². The summed E-state index contributed by atoms with van der Waals surface area (Å²) in [4.78, 5) is 25.9. The molecule has 0 fully saturated rings. The molecule has 0 unspecified atom stereocenters. The molecule has 1 aliphatic heterocycles. The molecule has 30 heavy (non-hydrogen) atoms. The fraction of sp³-hybridized carbons (Fsp3) is 0.190. The highest BCUT2D eigenvalue weighted by Crippen LogP contribution is 2.48. The summed E-state index contributed by atoms with van der Waals surface area (Å²) in [5.74, 6) is -0.612. The second-order valence-electron chi connectivity index (χ2n) is 6.91. The molecule has 0 radical (unpaired) electrons. The van der Waals surface area contributed by atoms with Crippen molar-refractivity contribution in [3.63, 3.8) is 0 Å². The van der Waals surface area contributed by atoms with Gasteiger partial charge in [-0.1, -0.05) is 11.3 Å². The van der Waals surface area contributed by atoms with Gasteiger partial charge in [0.15, 0.2) is 5.78 Å². The monoisotopic (exact) mass is 417 g/mol. The standard InChI is InChI=1S/C21H15N5O3S/c22-10-12-4-6-13(7-5-12)25-15-2-1-3-16(27)20(15)19(14(11-23)21(25)24)17-8-9-18(30-17)26(28)29/h4-9,19H,1-3,24H2/t19-/m1/s1. The highest BCUT2D eigenvalue weighted by molar-refractivity contribution is 7.15. The fourth-order valence-electron chi connectivity index (χ4n) is 3.95. The van der Waals surface area contributed by atoms with E-state index in [0.29, 0.717) is 46.7 Å². The number of benzene rings is 1. The summed E-state index contributed by atoms with van der Waals surface area (Å²) in [6, 6.07) is 13.9. The third-order valence-electron chi connectivity index (χ3n) is 5.24. The summed E-state index contributed by atoms with van der Waals surface area (Å²) in [7, 11) is 0. The molecule has 2 heterocycles. The fourth-order valence-corrected chi connectivity index (χ4v) is 4.89. The smallest absolute Gasteiger partial charge is 0.324 e. The number of rotatable bonds is 3. The van der Waals surface area contributed by atoms with Crippen LogP contribution in [-0.2, 0) is 4.79 Å². The number of carbonyl (C=O) groups is 1. The summed E-state index contributed by atoms with van der Waals surface area (Å²) in [5, 5.41) is 30.1. The number of nitrogens with zero attached hydrogens (tertiary/aromatic N) is 4. The lowest BCUT2D eigenvalue weighted by molar-refractivity contribution is -0.380. The van der Waals surface area contributed by atoms with Crippen molar-refractivity contribution in [2.24, 2.45) is 5.73 Å². The van der Waals surface area contributed by atoms with Gasteiger partial charge in [-0.3, -0.25) is 19.8 Å². The van der Waals surface area contributed by atoms with E-state index in [-0.39, 0.29) is 22.2 Å². The molecule has 0 saturated carbocycles. The lowest BCUT2D eigenvalue weighted by Crippen LogP contribution is -2.38. The number of allylic oxidation sites excluding steroid dienone is 3. The van der Waals surface area contributed by atoms with Gasteiger partial charge in [0.1, 0.15) is 5.82 Å². The molecule has 0 bridgehead atoms. The number of thiophene rings is 1. The number of Topliss-reactive ketones (excluding diaryl/α,β-unsaturated/α-hetero) is 1. The van der Waals surface area contributed by atoms with Gasteiger partial charge in [-0.15, -0.1) is 0 Å². The van der Waals surface area contributed by atoms with Crippen molar-refractivity contribution >= 4 is 27.8 Å². The molecular weight excluding hydrogens is 402 g/mol. The van der Waals surface area contributed by atoms with Crippen LogP contribution in [0.4, 0.5) is 10.7 Å². The van der Waals surface area contributed by atoms with Gasteiger partial charge in [-0.05, 0) is 43.2 Å². The lowest BCUT2D eigenvalue weighted by atomic mass is 9.78. The zero-order valence-corrected chi connectivity index (χ0v) is 16.5. The van der Waals surface area contributed by atoms with Gasteiger partial charge in [-0.25, -0.2) is 0 Å². The van der Waals surface area contributed by atoms with E-state index in [1.165, 1.54) is 6.07 Å². The SMILES string of the molecule is N#CC1=C(N)N(c2ccc(C#N)cc2)C2=C(C(=O)CCC2)[C@H]1c1ccc([N+](=O)[O-])s1. The summed E-state index contributed by atoms with van der Waals surface area (Å²) in [6.07, 6.45) is 1.59. The maximum absolute atomic E-state index is 13.0. The highest BCUT2D eigenvalue weighted by Gasteiger charge is 2.41. The Kier molecular flexibility index (Phi) is 4.82. The number of ketones is 1. The minimum atomic E-state index is -0.717. The first-order valence-corrected chi connectivity index (χ1v) is 9.98. The first-order valence-electron chi connectivity index (χ1n) is 9.16. The Labute approximate surface area is 175 Å². The van der Waals surface area contributed by atoms with Crippen LogP contribution >= 0.6 is 11.3 Å². The number of nitro groups is 1. The van der Waals surface area contributed by atoms with E-state index in [2.05, 4.69) is 12.1 Å². The van der Waals surface area contributed by atoms with Gasteiger partial charge < -0.3 is 5.73 Å². The van der Waals surface area contributed by atoms with Crippen LogP contribution in [0.2, 0.25) is 0 Å². The van der Waals surface area contributed by atoms with Crippen LogP contribution in [0.1, 0.15) is 35.6 Å². The largest absolute Gasteiger partial charge is 0.384 e. The zero-order chi connectivity index (χ0) is 21.4. The van der Waals surface area contributed by atoms with Crippen LogP contribution in [0.25, 0.3) is 0 Å². The molecule has 1 atom stereocenters. The third kappa shape index (κ3) is 3.02. The van der Waals surface area contributed by atoms with Crippen LogP contribution in [0.3, 0.4) is 0 Å². The maximum atomic E-state index is 13.0. The molecule has 0 amide bonds. The second kappa shape index (κ2) is 7.47. The van der Waals surface area contributed by atoms with Crippen molar-refractivity contribution in [3.05, 3.63) is 79.6 Å². The molecule has 1 aromatic heterocycles. The van der Waals surface area contributed by atoms with E-state index >= 15 is 0 Å². The number of hydrogen-bond acceptors (Lipinski definition) is 8. The number of nitrogens with two attached hydrogens (primary N) is 1. The summed E-state index contributed by atoms with van der Waals surface area (Å²) in [5.41, 5.74) is 8.91. The normalized spacial score (nSPS) is 18.7. The van der Waals surface area contributed by atoms with E-state index < -0.39 is 10.8 Å². The topological polar surface area (TPSA) is 137 Å². The van der Waals surface area contributed by atoms with Crippen LogP contribution in [0.15, 0.2) is 59.1 Å². The molecule has 0 saturated heterocycles. The number of nitriles is 2. The average Bonchev–Trinajstić information content (AvgIpc) is 3.23. The zero-order valence-electron chi connectivity index (χ0n) is 15.7. The van der Waals surface area contributed by atoms with Crippen molar-refractivity contribution in [1.82, 2.24) is 0 Å². The lowest BCUT2D eigenvalue weighted by Gasteiger charge is -2.39. The van der Waals surface area contributed by atoms with Crippen LogP contribution in [-0.4, -0.2) is 10.7 Å². The van der Waals surface area contributed by atoms with Gasteiger partial charge in [0.25, 0.3) is 0 Å². The molecule has 9 heteroatoms. The van der Waals surface area contributed by atoms with Gasteiger partial charge in [0, 0.05) is 34.3 Å². The Morgan fingerprint density at radius 3 is 2.47 bits per heavy atom. The Balaban J connectivity index is 1.92. The molecule has 1 aromatic carbocycles. The Hall–Kier alpha value is -3.95. The van der Waals surface area contributed by atoms with E-state index in [0.717, 1.165) is 11.3 Å². The van der Waals surface area contributed by atoms with E-state index in [4.69, 9.17) is 11.0 Å². The first-order chi connectivity index (χ1) is 14.5. The average molecular weight is 417 g/mol. The number of anilines is 1. The molecule has 8 nitrogen and oxygen atoms in total. The Morgan fingerprint density at radius 2 is 1.87 bits per heavy atom. The molecule has 2 aromatic rings. The van der Waals surface area contributed by atoms with Crippen molar-refractivity contribution in [1.29, 1.82) is 10.5 Å². The number of hydrogen-bond donors (Lipinski definition) is 1. The molecule has 2 N–H and O–H groups in total. The minimum Gasteiger partial charge on any atom is -0.384 e. The minimum absolute atomic E-state index is 0.0548. The van der Waals surface area contributed by atoms with E-state index in [1.807, 2.05) is 0 Å². The third-order valence-corrected chi connectivity index (χ3v) is 6.35. The van der Waals surface area contributed by atoms with Gasteiger partial charge in [0.2, 0.25) is 0 Å². The Bertz CT molecular complexity index is 1210. The van der Waals surface area contributed by atoms with Gasteiger partial charge in [0.05, 0.1) is 34.1 Å². The second-order valence-corrected chi connectivity index (χ2v) is 8.00. The highest BCUT2D eigenvalue weighted by atomic mass is 32.1. The molecule has 148 valence electrons. The predicted molar refractivity (Wildman–Crippen MR) is 110 cm³/mol. The van der Waals surface area contributed by atoms with Crippen molar-refractivity contribution in [2.45, 2.75) is 25.2 Å². The molecule has 4 rings (SSSR count). The van der Waals surface area contributed by atoms with Gasteiger partial charge in [-0.2, -0.15) is 10.5 Å². The predicted octanol–water partition coefficient (Wildman–Crippen LogP) is 3.83. The van der Waals surface area contributed by atoms with E-state index in [1.54, 1.807) is 35.2 Å². The summed E-state index contributed by atoms with van der Waals surface area (Å²) in [6.45, 7) is 0. The first kappa shape index (κ1) is 19.4. The molecule has 2 aliphatic rings. The van der Waals surface area contributed by atoms with Crippen molar-refractivity contribution in [3.8, 4) is 12.1 Å². The maximum Gasteiger partial charge on any atom is 0.324 e. The molecule has 0 spiro atoms. The summed E-state index contributed by atoms with van der Waals surface area (Å²) < 4.78 is 0. The van der Waals surface area contributed by atoms with Crippen LogP contribution in [0.5, 0.6) is 0 Å². The quantitative estimate of drug-likeness (QED) is 0.591. The molecule has 1 aliphatic carbocycles.